The van der Waals surface area contributed by atoms with Crippen molar-refractivity contribution in [2.45, 2.75) is 19.4 Å². The highest BCUT2D eigenvalue weighted by Crippen LogP contribution is 2.27. The predicted octanol–water partition coefficient (Wildman–Crippen LogP) is 2.67. The number of guanidine groups is 1. The standard InChI is InChI=1S/C18H29ClN4O2S.HI/c1-2-20-18(21-11-15(24)16-3-4-17(19)26-16)23-6-5-14(13-23)12-22-7-9-25-10-8-22;/h3-4,14-15,24H,2,5-13H2,1H3,(H,20,21);1H. The lowest BCUT2D eigenvalue weighted by Gasteiger charge is -2.29. The van der Waals surface area contributed by atoms with Crippen LogP contribution in [0.25, 0.3) is 0 Å². The van der Waals surface area contributed by atoms with Crippen molar-refractivity contribution in [1.29, 1.82) is 0 Å². The highest BCUT2D eigenvalue weighted by atomic mass is 127. The van der Waals surface area contributed by atoms with Crippen molar-refractivity contribution in [1.82, 2.24) is 15.1 Å². The summed E-state index contributed by atoms with van der Waals surface area (Å²) in [5.74, 6) is 1.57. The smallest absolute Gasteiger partial charge is 0.194 e. The number of halogens is 2. The van der Waals surface area contributed by atoms with Gasteiger partial charge in [-0.2, -0.15) is 0 Å². The fraction of sp³-hybridized carbons (Fsp3) is 0.722. The molecule has 0 bridgehead atoms. The van der Waals surface area contributed by atoms with Crippen molar-refractivity contribution in [3.8, 4) is 0 Å². The molecule has 0 spiro atoms. The summed E-state index contributed by atoms with van der Waals surface area (Å²) in [6.07, 6.45) is 0.582. The second-order valence-corrected chi connectivity index (χ2v) is 8.61. The SMILES string of the molecule is CCNC(=NCC(O)c1ccc(Cl)s1)N1CCC(CN2CCOCC2)C1.I. The first-order valence-corrected chi connectivity index (χ1v) is 10.6. The minimum atomic E-state index is -0.604. The van der Waals surface area contributed by atoms with Crippen LogP contribution in [-0.2, 0) is 4.74 Å². The van der Waals surface area contributed by atoms with E-state index in [1.165, 1.54) is 17.8 Å². The number of hydrogen-bond acceptors (Lipinski definition) is 5. The van der Waals surface area contributed by atoms with E-state index in [1.54, 1.807) is 0 Å². The Morgan fingerprint density at radius 2 is 2.19 bits per heavy atom. The number of aliphatic imine (C=N–C) groups is 1. The lowest BCUT2D eigenvalue weighted by molar-refractivity contribution is 0.0315. The second kappa shape index (κ2) is 11.8. The molecule has 2 N–H and O–H groups in total. The highest BCUT2D eigenvalue weighted by Gasteiger charge is 2.27. The van der Waals surface area contributed by atoms with Crippen LogP contribution in [0.1, 0.15) is 24.3 Å². The molecule has 3 heterocycles. The van der Waals surface area contributed by atoms with Gasteiger partial charge >= 0.3 is 0 Å². The average molecular weight is 529 g/mol. The van der Waals surface area contributed by atoms with Gasteiger partial charge in [-0.25, -0.2) is 0 Å². The van der Waals surface area contributed by atoms with Crippen LogP contribution in [0.15, 0.2) is 17.1 Å². The minimum absolute atomic E-state index is 0. The van der Waals surface area contributed by atoms with Gasteiger partial charge in [-0.3, -0.25) is 9.89 Å². The van der Waals surface area contributed by atoms with Gasteiger partial charge in [-0.05, 0) is 31.4 Å². The molecule has 0 aromatic carbocycles. The van der Waals surface area contributed by atoms with Crippen LogP contribution in [0.5, 0.6) is 0 Å². The first-order chi connectivity index (χ1) is 12.7. The second-order valence-electron chi connectivity index (χ2n) is 6.87. The first-order valence-electron chi connectivity index (χ1n) is 9.42. The summed E-state index contributed by atoms with van der Waals surface area (Å²) in [5, 5.41) is 13.7. The van der Waals surface area contributed by atoms with Crippen molar-refractivity contribution >= 4 is 52.9 Å². The summed E-state index contributed by atoms with van der Waals surface area (Å²) in [6.45, 7) is 10.2. The molecule has 154 valence electrons. The van der Waals surface area contributed by atoms with E-state index in [9.17, 15) is 5.11 Å². The molecule has 2 atom stereocenters. The highest BCUT2D eigenvalue weighted by molar-refractivity contribution is 14.0. The molecule has 0 aliphatic carbocycles. The summed E-state index contributed by atoms with van der Waals surface area (Å²) >= 11 is 7.37. The van der Waals surface area contributed by atoms with Crippen LogP contribution in [0.4, 0.5) is 0 Å². The molecule has 1 aromatic rings. The predicted molar refractivity (Wildman–Crippen MR) is 123 cm³/mol. The zero-order valence-electron chi connectivity index (χ0n) is 15.8. The minimum Gasteiger partial charge on any atom is -0.386 e. The normalized spacial score (nSPS) is 22.6. The summed E-state index contributed by atoms with van der Waals surface area (Å²) in [4.78, 5) is 10.4. The van der Waals surface area contributed by atoms with Gasteiger partial charge in [0.15, 0.2) is 5.96 Å². The van der Waals surface area contributed by atoms with E-state index in [0.29, 0.717) is 16.8 Å². The van der Waals surface area contributed by atoms with Gasteiger partial charge < -0.3 is 20.1 Å². The number of rotatable bonds is 6. The number of hydrogen-bond donors (Lipinski definition) is 2. The number of likely N-dealkylation sites (tertiary alicyclic amines) is 1. The molecule has 27 heavy (non-hydrogen) atoms. The van der Waals surface area contributed by atoms with E-state index in [-0.39, 0.29) is 24.0 Å². The van der Waals surface area contributed by atoms with E-state index in [2.05, 4.69) is 27.0 Å². The third-order valence-electron chi connectivity index (χ3n) is 4.88. The number of nitrogens with one attached hydrogen (secondary N) is 1. The van der Waals surface area contributed by atoms with Crippen LogP contribution in [0, 0.1) is 5.92 Å². The number of thiophene rings is 1. The van der Waals surface area contributed by atoms with Crippen molar-refractivity contribution in [3.05, 3.63) is 21.3 Å². The number of ether oxygens (including phenoxy) is 1. The van der Waals surface area contributed by atoms with E-state index in [0.717, 1.165) is 63.3 Å². The Hall–Kier alpha value is -0.130. The van der Waals surface area contributed by atoms with Crippen molar-refractivity contribution in [2.75, 3.05) is 59.0 Å². The molecule has 2 saturated heterocycles. The van der Waals surface area contributed by atoms with Gasteiger partial charge in [-0.15, -0.1) is 35.3 Å². The molecule has 0 amide bonds. The lowest BCUT2D eigenvalue weighted by Crippen LogP contribution is -2.42. The maximum absolute atomic E-state index is 10.3. The molecular weight excluding hydrogens is 499 g/mol. The number of aliphatic hydroxyl groups excluding tert-OH is 1. The first kappa shape index (κ1) is 23.2. The summed E-state index contributed by atoms with van der Waals surface area (Å²) in [6, 6.07) is 3.69. The summed E-state index contributed by atoms with van der Waals surface area (Å²) < 4.78 is 6.13. The Kier molecular flexibility index (Phi) is 10.1. The van der Waals surface area contributed by atoms with Crippen molar-refractivity contribution in [2.24, 2.45) is 10.9 Å². The molecular formula is C18H30ClIN4O2S. The summed E-state index contributed by atoms with van der Waals surface area (Å²) in [7, 11) is 0. The molecule has 2 aliphatic heterocycles. The molecule has 3 rings (SSSR count). The fourth-order valence-corrected chi connectivity index (χ4v) is 4.56. The maximum atomic E-state index is 10.3. The Morgan fingerprint density at radius 3 is 2.85 bits per heavy atom. The molecule has 9 heteroatoms. The zero-order valence-corrected chi connectivity index (χ0v) is 19.7. The van der Waals surface area contributed by atoms with Crippen LogP contribution in [-0.4, -0.2) is 79.9 Å². The zero-order chi connectivity index (χ0) is 18.4. The third kappa shape index (κ3) is 7.01. The van der Waals surface area contributed by atoms with Gasteiger partial charge in [0.05, 0.1) is 24.1 Å². The van der Waals surface area contributed by atoms with Crippen LogP contribution >= 0.6 is 46.9 Å². The lowest BCUT2D eigenvalue weighted by atomic mass is 10.1. The van der Waals surface area contributed by atoms with Gasteiger partial charge in [0.1, 0.15) is 6.10 Å². The van der Waals surface area contributed by atoms with E-state index in [4.69, 9.17) is 16.3 Å². The molecule has 2 aliphatic rings. The molecule has 6 nitrogen and oxygen atoms in total. The Morgan fingerprint density at radius 1 is 1.41 bits per heavy atom. The largest absolute Gasteiger partial charge is 0.386 e. The van der Waals surface area contributed by atoms with Crippen molar-refractivity contribution in [3.63, 3.8) is 0 Å². The van der Waals surface area contributed by atoms with Crippen LogP contribution < -0.4 is 5.32 Å². The third-order valence-corrected chi connectivity index (χ3v) is 6.21. The molecule has 0 saturated carbocycles. The molecule has 2 unspecified atom stereocenters. The van der Waals surface area contributed by atoms with E-state index >= 15 is 0 Å². The molecule has 2 fully saturated rings. The van der Waals surface area contributed by atoms with E-state index < -0.39 is 6.10 Å². The quantitative estimate of drug-likeness (QED) is 0.338. The number of morpholine rings is 1. The molecule has 1 aromatic heterocycles. The van der Waals surface area contributed by atoms with Crippen LogP contribution in [0.3, 0.4) is 0 Å². The monoisotopic (exact) mass is 528 g/mol. The Bertz CT molecular complexity index is 598. The fourth-order valence-electron chi connectivity index (χ4n) is 3.52. The van der Waals surface area contributed by atoms with Gasteiger partial charge in [0.25, 0.3) is 0 Å². The topological polar surface area (TPSA) is 60.3 Å². The van der Waals surface area contributed by atoms with Gasteiger partial charge in [-0.1, -0.05) is 11.6 Å². The van der Waals surface area contributed by atoms with E-state index in [1.807, 2.05) is 12.1 Å². The number of nitrogens with zero attached hydrogens (tertiary/aromatic N) is 3. The molecule has 0 radical (unpaired) electrons. The number of aliphatic hydroxyl groups is 1. The average Bonchev–Trinajstić information content (AvgIpc) is 3.28. The maximum Gasteiger partial charge on any atom is 0.194 e. The van der Waals surface area contributed by atoms with Gasteiger partial charge in [0, 0.05) is 44.1 Å². The Balaban J connectivity index is 0.00000261. The Labute approximate surface area is 187 Å². The van der Waals surface area contributed by atoms with Gasteiger partial charge in [0.2, 0.25) is 0 Å². The van der Waals surface area contributed by atoms with Crippen LogP contribution in [0.2, 0.25) is 4.34 Å². The van der Waals surface area contributed by atoms with Crippen molar-refractivity contribution < 1.29 is 9.84 Å². The summed E-state index contributed by atoms with van der Waals surface area (Å²) in [5.41, 5.74) is 0.